The fourth-order valence-corrected chi connectivity index (χ4v) is 3.97. The molecule has 8 heteroatoms. The van der Waals surface area contributed by atoms with Crippen molar-refractivity contribution >= 4 is 32.7 Å². The first kappa shape index (κ1) is 19.8. The molecule has 4 rings (SSSR count). The molecule has 3 aromatic carbocycles. The van der Waals surface area contributed by atoms with E-state index in [2.05, 4.69) is 20.0 Å². The van der Waals surface area contributed by atoms with Crippen molar-refractivity contribution in [3.05, 3.63) is 90.2 Å². The van der Waals surface area contributed by atoms with Gasteiger partial charge >= 0.3 is 0 Å². The van der Waals surface area contributed by atoms with Gasteiger partial charge in [-0.15, -0.1) is 0 Å². The Morgan fingerprint density at radius 2 is 1.37 bits per heavy atom. The zero-order valence-electron chi connectivity index (χ0n) is 15.9. The van der Waals surface area contributed by atoms with Gasteiger partial charge in [0.25, 0.3) is 10.0 Å². The van der Waals surface area contributed by atoms with Gasteiger partial charge in [-0.25, -0.2) is 22.8 Å². The summed E-state index contributed by atoms with van der Waals surface area (Å²) < 4.78 is 41.2. The molecule has 0 aliphatic carbocycles. The first-order chi connectivity index (χ1) is 14.5. The zero-order chi connectivity index (χ0) is 21.0. The molecule has 1 aromatic heterocycles. The molecule has 0 amide bonds. The Hall–Kier alpha value is -3.52. The molecule has 0 unspecified atom stereocenters. The summed E-state index contributed by atoms with van der Waals surface area (Å²) in [7, 11) is -3.96. The third kappa shape index (κ3) is 4.55. The Kier molecular flexibility index (Phi) is 5.58. The second kappa shape index (κ2) is 8.46. The lowest BCUT2D eigenvalue weighted by Gasteiger charge is -2.14. The van der Waals surface area contributed by atoms with Crippen molar-refractivity contribution in [2.24, 2.45) is 0 Å². The minimum absolute atomic E-state index is 0.0610. The average Bonchev–Trinajstić information content (AvgIpc) is 2.75. The van der Waals surface area contributed by atoms with Crippen LogP contribution in [0.15, 0.2) is 83.8 Å². The van der Waals surface area contributed by atoms with E-state index in [0.717, 1.165) is 24.1 Å². The second-order valence-electron chi connectivity index (χ2n) is 6.63. The van der Waals surface area contributed by atoms with Crippen LogP contribution in [0.2, 0.25) is 0 Å². The van der Waals surface area contributed by atoms with E-state index in [0.29, 0.717) is 23.4 Å². The summed E-state index contributed by atoms with van der Waals surface area (Å²) in [5, 5.41) is 3.18. The van der Waals surface area contributed by atoms with Crippen molar-refractivity contribution in [3.63, 3.8) is 0 Å². The van der Waals surface area contributed by atoms with Crippen LogP contribution in [-0.2, 0) is 16.4 Å². The zero-order valence-corrected chi connectivity index (χ0v) is 16.7. The van der Waals surface area contributed by atoms with Gasteiger partial charge in [-0.1, -0.05) is 42.5 Å². The molecule has 4 aromatic rings. The predicted molar refractivity (Wildman–Crippen MR) is 115 cm³/mol. The van der Waals surface area contributed by atoms with Crippen molar-refractivity contribution in [3.8, 4) is 0 Å². The highest BCUT2D eigenvalue weighted by Crippen LogP contribution is 2.24. The summed E-state index contributed by atoms with van der Waals surface area (Å²) in [6.07, 6.45) is 0.736. The van der Waals surface area contributed by atoms with Crippen LogP contribution in [0, 0.1) is 5.82 Å². The summed E-state index contributed by atoms with van der Waals surface area (Å²) in [4.78, 5) is 8.92. The first-order valence-electron chi connectivity index (χ1n) is 9.34. The summed E-state index contributed by atoms with van der Waals surface area (Å²) in [5.74, 6) is -0.0934. The number of rotatable bonds is 7. The number of nitrogens with one attached hydrogen (secondary N) is 2. The second-order valence-corrected chi connectivity index (χ2v) is 8.31. The van der Waals surface area contributed by atoms with E-state index in [1.165, 1.54) is 12.1 Å². The highest BCUT2D eigenvalue weighted by molar-refractivity contribution is 7.92. The van der Waals surface area contributed by atoms with Crippen LogP contribution in [0.1, 0.15) is 5.56 Å². The molecule has 0 bridgehead atoms. The van der Waals surface area contributed by atoms with Gasteiger partial charge in [0.1, 0.15) is 5.82 Å². The van der Waals surface area contributed by atoms with Gasteiger partial charge in [0, 0.05) is 6.54 Å². The molecular formula is C22H19FN4O2S. The topological polar surface area (TPSA) is 84.0 Å². The highest BCUT2D eigenvalue weighted by Gasteiger charge is 2.19. The SMILES string of the molecule is O=S(=O)(Nc1nc2ccccc2nc1NCCc1ccccc1)c1ccc(F)cc1. The van der Waals surface area contributed by atoms with Crippen LogP contribution in [0.4, 0.5) is 16.0 Å². The Labute approximate surface area is 173 Å². The van der Waals surface area contributed by atoms with Gasteiger partial charge in [0.2, 0.25) is 0 Å². The largest absolute Gasteiger partial charge is 0.367 e. The molecule has 1 heterocycles. The highest BCUT2D eigenvalue weighted by atomic mass is 32.2. The van der Waals surface area contributed by atoms with Crippen LogP contribution < -0.4 is 10.0 Å². The number of benzene rings is 3. The molecule has 6 nitrogen and oxygen atoms in total. The Morgan fingerprint density at radius 3 is 2.03 bits per heavy atom. The molecule has 30 heavy (non-hydrogen) atoms. The summed E-state index contributed by atoms with van der Waals surface area (Å²) in [5.41, 5.74) is 2.35. The van der Waals surface area contributed by atoms with Gasteiger partial charge in [0.15, 0.2) is 11.6 Å². The maximum Gasteiger partial charge on any atom is 0.263 e. The van der Waals surface area contributed by atoms with Crippen molar-refractivity contribution < 1.29 is 12.8 Å². The van der Waals surface area contributed by atoms with Crippen LogP contribution in [-0.4, -0.2) is 24.9 Å². The molecular weight excluding hydrogens is 403 g/mol. The molecule has 0 aliphatic rings. The molecule has 0 fully saturated rings. The smallest absolute Gasteiger partial charge is 0.263 e. The summed E-state index contributed by atoms with van der Waals surface area (Å²) in [6, 6.07) is 21.7. The predicted octanol–water partition coefficient (Wildman–Crippen LogP) is 4.22. The molecule has 2 N–H and O–H groups in total. The van der Waals surface area contributed by atoms with Gasteiger partial charge in [-0.05, 0) is 48.4 Å². The van der Waals surface area contributed by atoms with Gasteiger partial charge in [-0.2, -0.15) is 0 Å². The molecule has 0 radical (unpaired) electrons. The number of anilines is 2. The van der Waals surface area contributed by atoms with E-state index < -0.39 is 15.8 Å². The maximum atomic E-state index is 13.2. The number of sulfonamides is 1. The van der Waals surface area contributed by atoms with Crippen LogP contribution in [0.25, 0.3) is 11.0 Å². The lowest BCUT2D eigenvalue weighted by atomic mass is 10.1. The van der Waals surface area contributed by atoms with Crippen molar-refractivity contribution in [1.29, 1.82) is 0 Å². The third-order valence-corrected chi connectivity index (χ3v) is 5.83. The Balaban J connectivity index is 1.63. The average molecular weight is 422 g/mol. The van der Waals surface area contributed by atoms with Gasteiger partial charge in [-0.3, -0.25) is 4.72 Å². The molecule has 0 atom stereocenters. The fraction of sp³-hybridized carbons (Fsp3) is 0.0909. The van der Waals surface area contributed by atoms with Crippen LogP contribution >= 0.6 is 0 Å². The number of hydrogen-bond donors (Lipinski definition) is 2. The van der Waals surface area contributed by atoms with E-state index in [1.807, 2.05) is 42.5 Å². The lowest BCUT2D eigenvalue weighted by molar-refractivity contribution is 0.599. The van der Waals surface area contributed by atoms with Crippen LogP contribution in [0.3, 0.4) is 0 Å². The normalized spacial score (nSPS) is 11.4. The number of nitrogens with zero attached hydrogens (tertiary/aromatic N) is 2. The van der Waals surface area contributed by atoms with Crippen molar-refractivity contribution in [1.82, 2.24) is 9.97 Å². The number of fused-ring (bicyclic) bond motifs is 1. The van der Waals surface area contributed by atoms with E-state index in [-0.39, 0.29) is 10.7 Å². The Morgan fingerprint density at radius 1 is 0.767 bits per heavy atom. The number of halogens is 1. The Bertz CT molecular complexity index is 1260. The van der Waals surface area contributed by atoms with E-state index >= 15 is 0 Å². The number of aromatic nitrogens is 2. The quantitative estimate of drug-likeness (QED) is 0.466. The molecule has 0 saturated heterocycles. The van der Waals surface area contributed by atoms with Crippen molar-refractivity contribution in [2.45, 2.75) is 11.3 Å². The van der Waals surface area contributed by atoms with E-state index in [4.69, 9.17) is 0 Å². The maximum absolute atomic E-state index is 13.2. The molecule has 152 valence electrons. The summed E-state index contributed by atoms with van der Waals surface area (Å²) in [6.45, 7) is 0.544. The molecule has 0 saturated carbocycles. The van der Waals surface area contributed by atoms with Crippen molar-refractivity contribution in [2.75, 3.05) is 16.6 Å². The van der Waals surface area contributed by atoms with Gasteiger partial charge < -0.3 is 5.32 Å². The van der Waals surface area contributed by atoms with E-state index in [9.17, 15) is 12.8 Å². The minimum atomic E-state index is -3.96. The monoisotopic (exact) mass is 422 g/mol. The number of para-hydroxylation sites is 2. The number of hydrogen-bond acceptors (Lipinski definition) is 5. The lowest BCUT2D eigenvalue weighted by Crippen LogP contribution is -2.17. The van der Waals surface area contributed by atoms with Crippen LogP contribution in [0.5, 0.6) is 0 Å². The summed E-state index contributed by atoms with van der Waals surface area (Å²) >= 11 is 0. The van der Waals surface area contributed by atoms with Gasteiger partial charge in [0.05, 0.1) is 15.9 Å². The molecule has 0 spiro atoms. The fourth-order valence-electron chi connectivity index (χ4n) is 2.96. The van der Waals surface area contributed by atoms with E-state index in [1.54, 1.807) is 12.1 Å². The molecule has 0 aliphatic heterocycles. The third-order valence-electron chi connectivity index (χ3n) is 4.47. The standard InChI is InChI=1S/C22H19FN4O2S/c23-17-10-12-18(13-11-17)30(28,29)27-22-21(24-15-14-16-6-2-1-3-7-16)25-19-8-4-5-9-20(19)26-22/h1-13H,14-15H2,(H,24,25)(H,26,27). The first-order valence-corrected chi connectivity index (χ1v) is 10.8. The minimum Gasteiger partial charge on any atom is -0.367 e.